The van der Waals surface area contributed by atoms with Gasteiger partial charge in [-0.05, 0) is 63.7 Å². The molecule has 0 aliphatic heterocycles. The zero-order chi connectivity index (χ0) is 20.8. The lowest BCUT2D eigenvalue weighted by molar-refractivity contribution is -0.138. The lowest BCUT2D eigenvalue weighted by Gasteiger charge is -2.42. The average molecular weight is 421 g/mol. The molecule has 1 unspecified atom stereocenters. The minimum atomic E-state index is -2.23. The third kappa shape index (κ3) is 11.1. The first kappa shape index (κ1) is 25.3. The van der Waals surface area contributed by atoms with Crippen molar-refractivity contribution in [3.8, 4) is 0 Å². The van der Waals surface area contributed by atoms with E-state index in [1.165, 1.54) is 0 Å². The molecule has 9 heteroatoms. The van der Waals surface area contributed by atoms with Gasteiger partial charge in [-0.3, -0.25) is 0 Å². The number of rotatable bonds is 11. The SMILES string of the molecule is CC(C)C(CCOC(=O)C=CC(=O)O)[Si](C)(C)O[Si](C)(C)O[Si](C)(C)C. The Morgan fingerprint density at radius 1 is 0.962 bits per heavy atom. The second-order valence-electron chi connectivity index (χ2n) is 8.80. The van der Waals surface area contributed by atoms with Crippen LogP contribution in [0.5, 0.6) is 0 Å². The lowest BCUT2D eigenvalue weighted by atomic mass is 10.1. The Bertz CT molecular complexity index is 509. The zero-order valence-corrected chi connectivity index (χ0v) is 20.7. The van der Waals surface area contributed by atoms with Gasteiger partial charge in [0.1, 0.15) is 0 Å². The van der Waals surface area contributed by atoms with E-state index in [-0.39, 0.29) is 6.61 Å². The van der Waals surface area contributed by atoms with Gasteiger partial charge in [-0.2, -0.15) is 0 Å². The topological polar surface area (TPSA) is 82.1 Å². The Kier molecular flexibility index (Phi) is 9.69. The minimum absolute atomic E-state index is 0.252. The van der Waals surface area contributed by atoms with Crippen LogP contribution in [0.25, 0.3) is 0 Å². The van der Waals surface area contributed by atoms with Crippen LogP contribution in [0.1, 0.15) is 20.3 Å². The van der Waals surface area contributed by atoms with Crippen LogP contribution >= 0.6 is 0 Å². The molecule has 0 spiro atoms. The molecule has 0 saturated carbocycles. The Hall–Kier alpha value is -0.749. The summed E-state index contributed by atoms with van der Waals surface area (Å²) in [4.78, 5) is 22.0. The van der Waals surface area contributed by atoms with Gasteiger partial charge < -0.3 is 18.1 Å². The van der Waals surface area contributed by atoms with Crippen molar-refractivity contribution in [1.82, 2.24) is 0 Å². The summed E-state index contributed by atoms with van der Waals surface area (Å²) in [5, 5.41) is 8.53. The van der Waals surface area contributed by atoms with Crippen molar-refractivity contribution in [3.63, 3.8) is 0 Å². The average Bonchev–Trinajstić information content (AvgIpc) is 2.36. The van der Waals surface area contributed by atoms with Crippen molar-refractivity contribution >= 4 is 37.1 Å². The molecule has 0 bridgehead atoms. The molecule has 0 rings (SSSR count). The molecule has 0 amide bonds. The second kappa shape index (κ2) is 9.98. The number of hydrogen-bond donors (Lipinski definition) is 1. The Morgan fingerprint density at radius 2 is 1.50 bits per heavy atom. The number of esters is 1. The van der Waals surface area contributed by atoms with Crippen LogP contribution in [0.15, 0.2) is 12.2 Å². The summed E-state index contributed by atoms with van der Waals surface area (Å²) in [5.41, 5.74) is 0.302. The molecule has 0 radical (unpaired) electrons. The standard InChI is InChI=1S/C17H36O6Si3/c1-14(2)15(12-13-21-17(20)11-10-16(18)19)25(6,7)23-26(8,9)22-24(3,4)5/h10-11,14-15H,12-13H2,1-9H3,(H,18,19). The van der Waals surface area contributed by atoms with Crippen LogP contribution in [0.2, 0.25) is 51.4 Å². The fraction of sp³-hybridized carbons (Fsp3) is 0.765. The highest BCUT2D eigenvalue weighted by Gasteiger charge is 2.43. The number of hydrogen-bond acceptors (Lipinski definition) is 5. The van der Waals surface area contributed by atoms with E-state index in [9.17, 15) is 9.59 Å². The summed E-state index contributed by atoms with van der Waals surface area (Å²) in [6, 6.07) is 0. The normalized spacial score (nSPS) is 14.7. The summed E-state index contributed by atoms with van der Waals surface area (Å²) >= 11 is 0. The number of ether oxygens (including phenoxy) is 1. The monoisotopic (exact) mass is 420 g/mol. The predicted molar refractivity (Wildman–Crippen MR) is 111 cm³/mol. The molecular formula is C17H36O6Si3. The summed E-state index contributed by atoms with van der Waals surface area (Å²) < 4.78 is 18.1. The molecule has 0 saturated heterocycles. The predicted octanol–water partition coefficient (Wildman–Crippen LogP) is 4.36. The zero-order valence-electron chi connectivity index (χ0n) is 17.7. The number of carboxylic acid groups (broad SMARTS) is 1. The quantitative estimate of drug-likeness (QED) is 0.304. The summed E-state index contributed by atoms with van der Waals surface area (Å²) in [6.45, 7) is 19.7. The van der Waals surface area contributed by atoms with Crippen molar-refractivity contribution in [2.45, 2.75) is 71.6 Å². The van der Waals surface area contributed by atoms with E-state index in [2.05, 4.69) is 59.7 Å². The van der Waals surface area contributed by atoms with Crippen molar-refractivity contribution in [3.05, 3.63) is 12.2 Å². The van der Waals surface area contributed by atoms with Gasteiger partial charge in [-0.25, -0.2) is 9.59 Å². The van der Waals surface area contributed by atoms with Crippen molar-refractivity contribution in [2.75, 3.05) is 6.61 Å². The van der Waals surface area contributed by atoms with E-state index in [0.717, 1.165) is 12.2 Å². The molecule has 0 aromatic rings. The molecule has 0 aliphatic rings. The minimum Gasteiger partial charge on any atom is -0.478 e. The maximum Gasteiger partial charge on any atom is 0.331 e. The largest absolute Gasteiger partial charge is 0.478 e. The highest BCUT2D eigenvalue weighted by Crippen LogP contribution is 2.36. The lowest BCUT2D eigenvalue weighted by Crippen LogP contribution is -2.53. The highest BCUT2D eigenvalue weighted by atomic mass is 28.5. The molecular weight excluding hydrogens is 384 g/mol. The van der Waals surface area contributed by atoms with Crippen molar-refractivity contribution in [2.24, 2.45) is 5.92 Å². The molecule has 0 aromatic carbocycles. The van der Waals surface area contributed by atoms with Crippen LogP contribution in [0.3, 0.4) is 0 Å². The Morgan fingerprint density at radius 3 is 1.92 bits per heavy atom. The fourth-order valence-electron chi connectivity index (χ4n) is 3.42. The van der Waals surface area contributed by atoms with E-state index >= 15 is 0 Å². The molecule has 26 heavy (non-hydrogen) atoms. The fourth-order valence-corrected chi connectivity index (χ4v) is 18.0. The number of aliphatic carboxylic acids is 1. The van der Waals surface area contributed by atoms with Crippen LogP contribution < -0.4 is 0 Å². The third-order valence-corrected chi connectivity index (χ3v) is 15.0. The van der Waals surface area contributed by atoms with Crippen LogP contribution in [0.4, 0.5) is 0 Å². The maximum absolute atomic E-state index is 11.5. The van der Waals surface area contributed by atoms with Gasteiger partial charge >= 0.3 is 20.5 Å². The molecule has 1 N–H and O–H groups in total. The molecule has 0 aromatic heterocycles. The van der Waals surface area contributed by atoms with E-state index < -0.39 is 37.1 Å². The number of carbonyl (C=O) groups excluding carboxylic acids is 1. The second-order valence-corrected chi connectivity index (χ2v) is 21.4. The molecule has 152 valence electrons. The van der Waals surface area contributed by atoms with E-state index in [1.807, 2.05) is 0 Å². The van der Waals surface area contributed by atoms with Gasteiger partial charge in [-0.15, -0.1) is 0 Å². The van der Waals surface area contributed by atoms with E-state index in [4.69, 9.17) is 18.1 Å². The maximum atomic E-state index is 11.5. The van der Waals surface area contributed by atoms with Crippen LogP contribution in [-0.2, 0) is 22.6 Å². The van der Waals surface area contributed by atoms with Gasteiger partial charge in [0.15, 0.2) is 16.6 Å². The Balaban J connectivity index is 4.90. The van der Waals surface area contributed by atoms with E-state index in [0.29, 0.717) is 17.9 Å². The third-order valence-electron chi connectivity index (χ3n) is 3.79. The van der Waals surface area contributed by atoms with Crippen LogP contribution in [-0.4, -0.2) is 48.8 Å². The Labute approximate surface area is 161 Å². The molecule has 0 aliphatic carbocycles. The van der Waals surface area contributed by atoms with Gasteiger partial charge in [0, 0.05) is 12.2 Å². The summed E-state index contributed by atoms with van der Waals surface area (Å²) in [7, 11) is -5.99. The van der Waals surface area contributed by atoms with Gasteiger partial charge in [0.05, 0.1) is 6.61 Å². The summed E-state index contributed by atoms with van der Waals surface area (Å²) in [5.74, 6) is -1.41. The summed E-state index contributed by atoms with van der Waals surface area (Å²) in [6.07, 6.45) is 2.41. The highest BCUT2D eigenvalue weighted by molar-refractivity contribution is 6.88. The first-order valence-electron chi connectivity index (χ1n) is 9.04. The van der Waals surface area contributed by atoms with Crippen molar-refractivity contribution in [1.29, 1.82) is 0 Å². The molecule has 0 fully saturated rings. The number of carboxylic acids is 1. The first-order chi connectivity index (χ1) is 11.6. The first-order valence-corrected chi connectivity index (χ1v) is 18.2. The van der Waals surface area contributed by atoms with Gasteiger partial charge in [0.2, 0.25) is 0 Å². The van der Waals surface area contributed by atoms with Crippen LogP contribution in [0, 0.1) is 5.92 Å². The molecule has 1 atom stereocenters. The smallest absolute Gasteiger partial charge is 0.331 e. The number of carbonyl (C=O) groups is 2. The van der Waals surface area contributed by atoms with E-state index in [1.54, 1.807) is 0 Å². The van der Waals surface area contributed by atoms with Crippen molar-refractivity contribution < 1.29 is 27.7 Å². The van der Waals surface area contributed by atoms with Gasteiger partial charge in [0.25, 0.3) is 0 Å². The molecule has 0 heterocycles. The molecule has 6 nitrogen and oxygen atoms in total. The van der Waals surface area contributed by atoms with Gasteiger partial charge in [-0.1, -0.05) is 13.8 Å².